The van der Waals surface area contributed by atoms with Crippen LogP contribution in [-0.2, 0) is 14.8 Å². The van der Waals surface area contributed by atoms with Crippen LogP contribution >= 0.6 is 0 Å². The molecule has 1 aromatic carbocycles. The number of fused-ring (bicyclic) bond motifs is 1. The number of carbonyl (C=O) groups excluding carboxylic acids is 1. The van der Waals surface area contributed by atoms with Gasteiger partial charge in [-0.1, -0.05) is 6.92 Å². The highest BCUT2D eigenvalue weighted by Crippen LogP contribution is 2.24. The van der Waals surface area contributed by atoms with Crippen LogP contribution in [0.15, 0.2) is 66.8 Å². The minimum absolute atomic E-state index is 0.339. The third-order valence-corrected chi connectivity index (χ3v) is 6.65. The van der Waals surface area contributed by atoms with Crippen LogP contribution in [0.3, 0.4) is 0 Å². The first-order chi connectivity index (χ1) is 16.2. The van der Waals surface area contributed by atoms with Crippen molar-refractivity contribution >= 4 is 26.8 Å². The van der Waals surface area contributed by atoms with Crippen LogP contribution in [0.1, 0.15) is 23.7 Å². The van der Waals surface area contributed by atoms with E-state index in [2.05, 4.69) is 15.4 Å². The predicted octanol–water partition coefficient (Wildman–Crippen LogP) is 2.76. The summed E-state index contributed by atoms with van der Waals surface area (Å²) in [5.74, 6) is -0.706. The molecular weight excluding hydrogens is 461 g/mol. The van der Waals surface area contributed by atoms with Gasteiger partial charge < -0.3 is 10.1 Å². The number of benzene rings is 1. The summed E-state index contributed by atoms with van der Waals surface area (Å²) in [6.45, 7) is 1.91. The van der Waals surface area contributed by atoms with Crippen molar-refractivity contribution in [3.63, 3.8) is 0 Å². The van der Waals surface area contributed by atoms with Crippen LogP contribution in [0, 0.1) is 5.82 Å². The summed E-state index contributed by atoms with van der Waals surface area (Å²) >= 11 is 0. The molecule has 0 saturated carbocycles. The number of aromatic nitrogens is 3. The molecule has 1 aliphatic heterocycles. The molecule has 0 fully saturated rings. The fourth-order valence-electron chi connectivity index (χ4n) is 3.81. The molecule has 2 atom stereocenters. The van der Waals surface area contributed by atoms with E-state index in [9.17, 15) is 17.6 Å². The molecule has 0 aliphatic carbocycles. The van der Waals surface area contributed by atoms with Crippen LogP contribution in [0.5, 0.6) is 0 Å². The van der Waals surface area contributed by atoms with Gasteiger partial charge in [-0.2, -0.15) is 5.10 Å². The van der Waals surface area contributed by atoms with Crippen molar-refractivity contribution in [2.75, 3.05) is 13.4 Å². The van der Waals surface area contributed by atoms with Gasteiger partial charge in [0.25, 0.3) is 5.91 Å². The number of ether oxygens (including phenoxy) is 1. The molecule has 0 saturated heterocycles. The number of pyridine rings is 1. The Kier molecular flexibility index (Phi) is 6.49. The topological polar surface area (TPSA) is 106 Å². The predicted molar refractivity (Wildman–Crippen MR) is 125 cm³/mol. The summed E-state index contributed by atoms with van der Waals surface area (Å²) in [4.78, 5) is 17.4. The van der Waals surface area contributed by atoms with Crippen LogP contribution in [0.2, 0.25) is 0 Å². The number of hydrogen-bond donors (Lipinski definition) is 1. The lowest BCUT2D eigenvalue weighted by Gasteiger charge is -2.30. The van der Waals surface area contributed by atoms with E-state index < -0.39 is 16.3 Å². The third kappa shape index (κ3) is 4.57. The zero-order valence-corrected chi connectivity index (χ0v) is 19.7. The van der Waals surface area contributed by atoms with Crippen molar-refractivity contribution in [3.05, 3.63) is 78.2 Å². The smallest absolute Gasteiger partial charge is 0.254 e. The molecule has 1 N–H and O–H groups in total. The van der Waals surface area contributed by atoms with Crippen molar-refractivity contribution in [2.24, 2.45) is 0 Å². The molecule has 34 heavy (non-hydrogen) atoms. The number of methoxy groups -OCH3 is 1. The van der Waals surface area contributed by atoms with Crippen molar-refractivity contribution in [1.29, 1.82) is 0 Å². The van der Waals surface area contributed by atoms with E-state index in [0.29, 0.717) is 28.6 Å². The zero-order chi connectivity index (χ0) is 24.5. The molecule has 178 valence electrons. The molecule has 1 amide bonds. The average Bonchev–Trinajstić information content (AvgIpc) is 3.26. The lowest BCUT2D eigenvalue weighted by atomic mass is 10.0. The molecule has 11 heteroatoms. The molecular formula is C23H24FN5O4S. The maximum Gasteiger partial charge on any atom is 0.254 e. The minimum atomic E-state index is -3.51. The Labute approximate surface area is 196 Å². The van der Waals surface area contributed by atoms with Gasteiger partial charge in [0.2, 0.25) is 10.0 Å². The Bertz CT molecular complexity index is 1380. The second-order valence-corrected chi connectivity index (χ2v) is 9.68. The number of carbonyl (C=O) groups is 1. The molecule has 0 spiro atoms. The first-order valence-electron chi connectivity index (χ1n) is 10.5. The number of hydrogen-bond acceptors (Lipinski definition) is 6. The quantitative estimate of drug-likeness (QED) is 0.552. The monoisotopic (exact) mass is 485 g/mol. The Morgan fingerprint density at radius 2 is 1.97 bits per heavy atom. The van der Waals surface area contributed by atoms with Crippen molar-refractivity contribution in [1.82, 2.24) is 24.4 Å². The molecule has 1 unspecified atom stereocenters. The molecule has 0 radical (unpaired) electrons. The average molecular weight is 486 g/mol. The number of nitrogens with one attached hydrogen (secondary N) is 1. The fraction of sp³-hybridized carbons (Fsp3) is 0.261. The maximum atomic E-state index is 13.3. The molecule has 3 aromatic rings. The van der Waals surface area contributed by atoms with Gasteiger partial charge in [-0.25, -0.2) is 21.8 Å². The summed E-state index contributed by atoms with van der Waals surface area (Å²) in [6, 6.07) is 5.47. The van der Waals surface area contributed by atoms with Crippen LogP contribution in [0.4, 0.5) is 4.39 Å². The highest BCUT2D eigenvalue weighted by atomic mass is 32.2. The largest absolute Gasteiger partial charge is 0.357 e. The Morgan fingerprint density at radius 3 is 2.62 bits per heavy atom. The van der Waals surface area contributed by atoms with Gasteiger partial charge in [-0.15, -0.1) is 0 Å². The lowest BCUT2D eigenvalue weighted by molar-refractivity contribution is 0.0723. The molecule has 0 bridgehead atoms. The van der Waals surface area contributed by atoms with Gasteiger partial charge in [0, 0.05) is 24.9 Å². The molecule has 9 nitrogen and oxygen atoms in total. The lowest BCUT2D eigenvalue weighted by Crippen LogP contribution is -2.41. The molecule has 2 aromatic heterocycles. The van der Waals surface area contributed by atoms with Crippen LogP contribution < -0.4 is 5.32 Å². The van der Waals surface area contributed by atoms with Gasteiger partial charge in [0.05, 0.1) is 41.5 Å². The van der Waals surface area contributed by atoms with Gasteiger partial charge in [0.1, 0.15) is 5.82 Å². The van der Waals surface area contributed by atoms with Crippen LogP contribution in [-0.4, -0.2) is 59.0 Å². The number of halogens is 1. The van der Waals surface area contributed by atoms with Gasteiger partial charge in [-0.05, 0) is 48.4 Å². The van der Waals surface area contributed by atoms with E-state index >= 15 is 0 Å². The van der Waals surface area contributed by atoms with Crippen molar-refractivity contribution < 1.29 is 22.3 Å². The number of rotatable bonds is 7. The first kappa shape index (κ1) is 23.6. The summed E-state index contributed by atoms with van der Waals surface area (Å²) in [6.07, 6.45) is 10.2. The van der Waals surface area contributed by atoms with Gasteiger partial charge in [0.15, 0.2) is 6.23 Å². The number of amides is 1. The second-order valence-electron chi connectivity index (χ2n) is 7.79. The van der Waals surface area contributed by atoms with E-state index in [0.717, 1.165) is 16.1 Å². The highest BCUT2D eigenvalue weighted by molar-refractivity contribution is 7.88. The number of sulfonamides is 1. The van der Waals surface area contributed by atoms with Gasteiger partial charge in [-0.3, -0.25) is 9.78 Å². The van der Waals surface area contributed by atoms with E-state index in [1.165, 1.54) is 31.6 Å². The molecule has 3 heterocycles. The fourth-order valence-corrected chi connectivity index (χ4v) is 4.62. The van der Waals surface area contributed by atoms with Crippen molar-refractivity contribution in [2.45, 2.75) is 25.6 Å². The standard InChI is InChI=1S/C23H24FN5O4S/c1-4-20(15-9-10-28(34(3,31)32)22(11-15)33-2)27-23(30)19-12-25-14-21-18(19)13-26-29(21)17-7-5-16(24)6-8-17/h5-14,20,22H,4H2,1-3H3,(H,27,30)/t20?,22-/m0/s1. The highest BCUT2D eigenvalue weighted by Gasteiger charge is 2.27. The summed E-state index contributed by atoms with van der Waals surface area (Å²) < 4.78 is 45.3. The Balaban J connectivity index is 1.61. The third-order valence-electron chi connectivity index (χ3n) is 5.55. The summed E-state index contributed by atoms with van der Waals surface area (Å²) in [5.41, 5.74) is 2.31. The van der Waals surface area contributed by atoms with Crippen LogP contribution in [0.25, 0.3) is 16.6 Å². The summed E-state index contributed by atoms with van der Waals surface area (Å²) in [7, 11) is -2.09. The van der Waals surface area contributed by atoms with E-state index in [1.54, 1.807) is 41.4 Å². The normalized spacial score (nSPS) is 17.0. The zero-order valence-electron chi connectivity index (χ0n) is 18.8. The van der Waals surface area contributed by atoms with Crippen molar-refractivity contribution in [3.8, 4) is 5.69 Å². The van der Waals surface area contributed by atoms with Gasteiger partial charge >= 0.3 is 0 Å². The Morgan fingerprint density at radius 1 is 1.24 bits per heavy atom. The molecule has 1 aliphatic rings. The SMILES string of the molecule is CCC(NC(=O)c1cncc2c1cnn2-c1ccc(F)cc1)C1=C[C@H](OC)N(S(C)(=O)=O)C=C1. The van der Waals surface area contributed by atoms with E-state index in [-0.39, 0.29) is 17.8 Å². The maximum absolute atomic E-state index is 13.3. The summed E-state index contributed by atoms with van der Waals surface area (Å²) in [5, 5.41) is 7.94. The number of nitrogens with zero attached hydrogens (tertiary/aromatic N) is 4. The first-order valence-corrected chi connectivity index (χ1v) is 12.4. The second kappa shape index (κ2) is 9.35. The Hall–Kier alpha value is -3.57. The molecule has 4 rings (SSSR count). The van der Waals surface area contributed by atoms with E-state index in [4.69, 9.17) is 4.74 Å². The minimum Gasteiger partial charge on any atom is -0.357 e. The van der Waals surface area contributed by atoms with E-state index in [1.807, 2.05) is 6.92 Å².